The van der Waals surface area contributed by atoms with Gasteiger partial charge >= 0.3 is 0 Å². The van der Waals surface area contributed by atoms with Crippen LogP contribution < -0.4 is 5.73 Å². The molecule has 0 spiro atoms. The monoisotopic (exact) mass is 250 g/mol. The Bertz CT molecular complexity index is 577. The molecule has 0 atom stereocenters. The first-order valence-electron chi connectivity index (χ1n) is 4.92. The van der Waals surface area contributed by atoms with Crippen molar-refractivity contribution in [2.24, 2.45) is 10.9 Å². The summed E-state index contributed by atoms with van der Waals surface area (Å²) in [5.41, 5.74) is 6.84. The number of hydrogen-bond donors (Lipinski definition) is 2. The van der Waals surface area contributed by atoms with E-state index in [1.54, 1.807) is 24.5 Å². The molecule has 0 radical (unpaired) electrons. The summed E-state index contributed by atoms with van der Waals surface area (Å²) < 4.78 is 1.82. The highest BCUT2D eigenvalue weighted by Gasteiger charge is 2.13. The lowest BCUT2D eigenvalue weighted by Crippen LogP contribution is -2.17. The van der Waals surface area contributed by atoms with Gasteiger partial charge < -0.3 is 15.5 Å². The van der Waals surface area contributed by atoms with Gasteiger partial charge in [0.05, 0.1) is 16.3 Å². The fourth-order valence-electron chi connectivity index (χ4n) is 1.65. The van der Waals surface area contributed by atoms with Gasteiger partial charge in [-0.15, -0.1) is 0 Å². The van der Waals surface area contributed by atoms with Gasteiger partial charge in [0.1, 0.15) is 5.82 Å². The number of amidine groups is 1. The van der Waals surface area contributed by atoms with E-state index >= 15 is 0 Å². The van der Waals surface area contributed by atoms with E-state index in [4.69, 9.17) is 22.5 Å². The third kappa shape index (κ3) is 1.97. The van der Waals surface area contributed by atoms with Gasteiger partial charge in [-0.05, 0) is 19.1 Å². The molecule has 1 aromatic carbocycles. The molecule has 1 heterocycles. The summed E-state index contributed by atoms with van der Waals surface area (Å²) in [4.78, 5) is 4.13. The zero-order valence-corrected chi connectivity index (χ0v) is 9.89. The molecule has 0 aliphatic heterocycles. The maximum atomic E-state index is 8.78. The number of halogens is 1. The highest BCUT2D eigenvalue weighted by atomic mass is 35.5. The minimum absolute atomic E-state index is 0.0290. The second kappa shape index (κ2) is 4.47. The molecule has 0 fully saturated rings. The van der Waals surface area contributed by atoms with Crippen molar-refractivity contribution in [2.75, 3.05) is 0 Å². The standard InChI is InChI=1S/C11H11ClN4O/c1-7-14-5-6-16(7)9-4-2-3-8(12)10(9)11(13)15-17/h2-6,17H,1H3,(H2,13,15). The normalized spacial score (nSPS) is 11.8. The lowest BCUT2D eigenvalue weighted by Gasteiger charge is -2.12. The Hall–Kier alpha value is -2.01. The van der Waals surface area contributed by atoms with Gasteiger partial charge in [0.25, 0.3) is 0 Å². The Morgan fingerprint density at radius 1 is 1.53 bits per heavy atom. The highest BCUT2D eigenvalue weighted by molar-refractivity contribution is 6.34. The molecule has 0 aliphatic carbocycles. The van der Waals surface area contributed by atoms with E-state index < -0.39 is 0 Å². The molecule has 0 saturated heterocycles. The molecule has 1 aromatic heterocycles. The molecule has 88 valence electrons. The summed E-state index contributed by atoms with van der Waals surface area (Å²) in [5.74, 6) is 0.762. The van der Waals surface area contributed by atoms with E-state index in [9.17, 15) is 0 Å². The lowest BCUT2D eigenvalue weighted by atomic mass is 10.1. The number of oxime groups is 1. The molecule has 6 heteroatoms. The quantitative estimate of drug-likeness (QED) is 0.370. The molecule has 0 amide bonds. The van der Waals surface area contributed by atoms with Crippen LogP contribution in [-0.2, 0) is 0 Å². The van der Waals surface area contributed by atoms with Crippen LogP contribution in [0.3, 0.4) is 0 Å². The first kappa shape index (κ1) is 11.5. The third-order valence-electron chi connectivity index (χ3n) is 2.44. The maximum absolute atomic E-state index is 8.78. The molecule has 3 N–H and O–H groups in total. The fourth-order valence-corrected chi connectivity index (χ4v) is 1.92. The molecule has 5 nitrogen and oxygen atoms in total. The van der Waals surface area contributed by atoms with E-state index in [1.165, 1.54) is 0 Å². The third-order valence-corrected chi connectivity index (χ3v) is 2.76. The molecule has 2 rings (SSSR count). The molecule has 0 aliphatic rings. The van der Waals surface area contributed by atoms with Crippen molar-refractivity contribution in [3.63, 3.8) is 0 Å². The maximum Gasteiger partial charge on any atom is 0.173 e. The molecule has 17 heavy (non-hydrogen) atoms. The molecular formula is C11H11ClN4O. The molecule has 2 aromatic rings. The van der Waals surface area contributed by atoms with Crippen molar-refractivity contribution in [3.8, 4) is 5.69 Å². The van der Waals surface area contributed by atoms with Crippen LogP contribution in [0.1, 0.15) is 11.4 Å². The number of aryl methyl sites for hydroxylation is 1. The molecule has 0 bridgehead atoms. The summed E-state index contributed by atoms with van der Waals surface area (Å²) in [5, 5.41) is 12.2. The van der Waals surface area contributed by atoms with E-state index in [0.29, 0.717) is 10.6 Å². The van der Waals surface area contributed by atoms with Crippen molar-refractivity contribution in [1.29, 1.82) is 0 Å². The van der Waals surface area contributed by atoms with Crippen molar-refractivity contribution in [1.82, 2.24) is 9.55 Å². The lowest BCUT2D eigenvalue weighted by molar-refractivity contribution is 0.318. The number of hydrogen-bond acceptors (Lipinski definition) is 3. The van der Waals surface area contributed by atoms with Crippen LogP contribution >= 0.6 is 11.6 Å². The van der Waals surface area contributed by atoms with Gasteiger partial charge in [-0.1, -0.05) is 22.8 Å². The van der Waals surface area contributed by atoms with Crippen LogP contribution in [0.15, 0.2) is 35.7 Å². The molecule has 0 saturated carbocycles. The minimum Gasteiger partial charge on any atom is -0.409 e. The first-order valence-corrected chi connectivity index (χ1v) is 5.29. The summed E-state index contributed by atoms with van der Waals surface area (Å²) in [6.45, 7) is 1.86. The summed E-state index contributed by atoms with van der Waals surface area (Å²) >= 11 is 6.07. The van der Waals surface area contributed by atoms with Crippen LogP contribution in [0.2, 0.25) is 5.02 Å². The summed E-state index contributed by atoms with van der Waals surface area (Å²) in [6.07, 6.45) is 3.46. The summed E-state index contributed by atoms with van der Waals surface area (Å²) in [7, 11) is 0. The second-order valence-electron chi connectivity index (χ2n) is 3.46. The molecular weight excluding hydrogens is 240 g/mol. The predicted molar refractivity (Wildman–Crippen MR) is 65.8 cm³/mol. The Morgan fingerprint density at radius 2 is 2.29 bits per heavy atom. The average Bonchev–Trinajstić information content (AvgIpc) is 2.74. The number of benzene rings is 1. The van der Waals surface area contributed by atoms with E-state index in [0.717, 1.165) is 11.5 Å². The van der Waals surface area contributed by atoms with Gasteiger partial charge in [0, 0.05) is 12.4 Å². The number of imidazole rings is 1. The SMILES string of the molecule is Cc1nccn1-c1cccc(Cl)c1C(N)=NO. The Morgan fingerprint density at radius 3 is 2.88 bits per heavy atom. The first-order chi connectivity index (χ1) is 8.15. The van der Waals surface area contributed by atoms with Crippen molar-refractivity contribution >= 4 is 17.4 Å². The zero-order valence-electron chi connectivity index (χ0n) is 9.13. The molecule has 0 unspecified atom stereocenters. The second-order valence-corrected chi connectivity index (χ2v) is 3.87. The van der Waals surface area contributed by atoms with Gasteiger partial charge in [-0.3, -0.25) is 0 Å². The van der Waals surface area contributed by atoms with Crippen LogP contribution in [0.4, 0.5) is 0 Å². The largest absolute Gasteiger partial charge is 0.409 e. The van der Waals surface area contributed by atoms with Crippen LogP contribution in [0.5, 0.6) is 0 Å². The Balaban J connectivity index is 2.71. The van der Waals surface area contributed by atoms with Gasteiger partial charge in [0.15, 0.2) is 5.84 Å². The van der Waals surface area contributed by atoms with Crippen LogP contribution in [0, 0.1) is 6.92 Å². The van der Waals surface area contributed by atoms with Gasteiger partial charge in [0.2, 0.25) is 0 Å². The van der Waals surface area contributed by atoms with E-state index in [-0.39, 0.29) is 5.84 Å². The predicted octanol–water partition coefficient (Wildman–Crippen LogP) is 1.93. The number of aromatic nitrogens is 2. The minimum atomic E-state index is -0.0290. The Kier molecular flexibility index (Phi) is 3.01. The summed E-state index contributed by atoms with van der Waals surface area (Å²) in [6, 6.07) is 5.31. The van der Waals surface area contributed by atoms with E-state index in [2.05, 4.69) is 10.1 Å². The smallest absolute Gasteiger partial charge is 0.173 e. The Labute approximate surface area is 103 Å². The fraction of sp³-hybridized carbons (Fsp3) is 0.0909. The van der Waals surface area contributed by atoms with Gasteiger partial charge in [-0.25, -0.2) is 4.98 Å². The number of rotatable bonds is 2. The van der Waals surface area contributed by atoms with Crippen molar-refractivity contribution in [3.05, 3.63) is 47.0 Å². The van der Waals surface area contributed by atoms with Crippen LogP contribution in [0.25, 0.3) is 5.69 Å². The highest BCUT2D eigenvalue weighted by Crippen LogP contribution is 2.23. The van der Waals surface area contributed by atoms with E-state index in [1.807, 2.05) is 17.6 Å². The van der Waals surface area contributed by atoms with Crippen molar-refractivity contribution < 1.29 is 5.21 Å². The number of nitrogens with two attached hydrogens (primary N) is 1. The number of nitrogens with zero attached hydrogens (tertiary/aromatic N) is 3. The van der Waals surface area contributed by atoms with Gasteiger partial charge in [-0.2, -0.15) is 0 Å². The average molecular weight is 251 g/mol. The zero-order chi connectivity index (χ0) is 12.4. The van der Waals surface area contributed by atoms with Crippen LogP contribution in [-0.4, -0.2) is 20.6 Å². The topological polar surface area (TPSA) is 76.4 Å². The van der Waals surface area contributed by atoms with Crippen molar-refractivity contribution in [2.45, 2.75) is 6.92 Å².